The summed E-state index contributed by atoms with van der Waals surface area (Å²) < 4.78 is 35.9. The van der Waals surface area contributed by atoms with Gasteiger partial charge in [0, 0.05) is 11.1 Å². The molecule has 2 unspecified atom stereocenters. The zero-order valence-corrected chi connectivity index (χ0v) is 23.9. The van der Waals surface area contributed by atoms with E-state index in [1.165, 1.54) is 0 Å². The number of aryl methyl sites for hydroxylation is 1. The van der Waals surface area contributed by atoms with E-state index in [1.54, 1.807) is 69.3 Å². The third-order valence-corrected chi connectivity index (χ3v) is 7.56. The summed E-state index contributed by atoms with van der Waals surface area (Å²) in [5.41, 5.74) is 2.82. The first kappa shape index (κ1) is 28.9. The minimum Gasteiger partial charge on any atom is -0.458 e. The summed E-state index contributed by atoms with van der Waals surface area (Å²) >= 11 is 0. The van der Waals surface area contributed by atoms with Crippen LogP contribution in [0.25, 0.3) is 0 Å². The lowest BCUT2D eigenvalue weighted by molar-refractivity contribution is -0.157. The van der Waals surface area contributed by atoms with Crippen LogP contribution in [0.5, 0.6) is 0 Å². The molecule has 0 radical (unpaired) electrons. The molecule has 4 rings (SSSR count). The van der Waals surface area contributed by atoms with Gasteiger partial charge in [-0.3, -0.25) is 4.99 Å². The number of aliphatic imine (C=N–C) groups is 1. The predicted octanol–water partition coefficient (Wildman–Crippen LogP) is 6.26. The van der Waals surface area contributed by atoms with Gasteiger partial charge in [0.05, 0.1) is 16.6 Å². The first-order chi connectivity index (χ1) is 19.0. The Morgan fingerprint density at radius 2 is 1.23 bits per heavy atom. The number of nitrogens with one attached hydrogen (secondary N) is 1. The van der Waals surface area contributed by atoms with Crippen LogP contribution >= 0.6 is 0 Å². The fraction of sp³-hybridized carbons (Fsp3) is 0.212. The largest absolute Gasteiger partial charge is 0.458 e. The van der Waals surface area contributed by atoms with Crippen molar-refractivity contribution in [2.75, 3.05) is 0 Å². The van der Waals surface area contributed by atoms with E-state index in [0.717, 1.165) is 16.7 Å². The number of nitrogens with zero attached hydrogens (tertiary/aromatic N) is 1. The second kappa shape index (κ2) is 12.4. The zero-order chi connectivity index (χ0) is 28.8. The fourth-order valence-corrected chi connectivity index (χ4v) is 5.43. The van der Waals surface area contributed by atoms with Crippen LogP contribution in [0.1, 0.15) is 49.1 Å². The minimum absolute atomic E-state index is 0.0947. The second-order valence-electron chi connectivity index (χ2n) is 10.5. The summed E-state index contributed by atoms with van der Waals surface area (Å²) in [6.45, 7) is 7.21. The number of carbonyl (C=O) groups is 1. The molecule has 0 aliphatic heterocycles. The van der Waals surface area contributed by atoms with E-state index in [2.05, 4.69) is 4.72 Å². The molecule has 0 amide bonds. The molecule has 206 valence electrons. The van der Waals surface area contributed by atoms with Crippen molar-refractivity contribution in [1.82, 2.24) is 4.72 Å². The van der Waals surface area contributed by atoms with Gasteiger partial charge in [-0.05, 0) is 45.4 Å². The van der Waals surface area contributed by atoms with Crippen LogP contribution in [0.15, 0.2) is 125 Å². The average Bonchev–Trinajstić information content (AvgIpc) is 2.93. The number of hydrogen-bond donors (Lipinski definition) is 1. The highest BCUT2D eigenvalue weighted by Gasteiger charge is 2.37. The third kappa shape index (κ3) is 7.52. The highest BCUT2D eigenvalue weighted by Crippen LogP contribution is 2.27. The molecule has 0 heterocycles. The van der Waals surface area contributed by atoms with Crippen LogP contribution in [0.4, 0.5) is 0 Å². The molecule has 4 aromatic carbocycles. The van der Waals surface area contributed by atoms with Gasteiger partial charge in [0.2, 0.25) is 10.0 Å². The van der Waals surface area contributed by atoms with Crippen molar-refractivity contribution >= 4 is 21.7 Å². The second-order valence-corrected chi connectivity index (χ2v) is 12.2. The fourth-order valence-electron chi connectivity index (χ4n) is 4.20. The van der Waals surface area contributed by atoms with Gasteiger partial charge in [0.1, 0.15) is 5.60 Å². The average molecular weight is 555 g/mol. The summed E-state index contributed by atoms with van der Waals surface area (Å²) in [7, 11) is -4.04. The van der Waals surface area contributed by atoms with Crippen LogP contribution in [-0.4, -0.2) is 31.7 Å². The maximum Gasteiger partial charge on any atom is 0.333 e. The quantitative estimate of drug-likeness (QED) is 0.195. The van der Waals surface area contributed by atoms with E-state index in [1.807, 2.05) is 73.7 Å². The number of benzene rings is 4. The zero-order valence-electron chi connectivity index (χ0n) is 23.1. The van der Waals surface area contributed by atoms with E-state index in [9.17, 15) is 13.2 Å². The Bertz CT molecular complexity index is 1500. The normalized spacial score (nSPS) is 13.2. The van der Waals surface area contributed by atoms with Crippen molar-refractivity contribution in [1.29, 1.82) is 0 Å². The molecule has 6 nitrogen and oxygen atoms in total. The molecule has 4 aromatic rings. The van der Waals surface area contributed by atoms with Gasteiger partial charge >= 0.3 is 5.97 Å². The number of hydrogen-bond acceptors (Lipinski definition) is 5. The Morgan fingerprint density at radius 3 is 1.70 bits per heavy atom. The number of ether oxygens (including phenoxy) is 1. The van der Waals surface area contributed by atoms with Gasteiger partial charge in [-0.1, -0.05) is 109 Å². The van der Waals surface area contributed by atoms with Crippen molar-refractivity contribution in [3.05, 3.63) is 138 Å². The van der Waals surface area contributed by atoms with E-state index < -0.39 is 33.7 Å². The van der Waals surface area contributed by atoms with Gasteiger partial charge in [0.25, 0.3) is 0 Å². The molecule has 0 saturated heterocycles. The molecule has 40 heavy (non-hydrogen) atoms. The Hall–Kier alpha value is -4.07. The van der Waals surface area contributed by atoms with E-state index in [0.29, 0.717) is 11.3 Å². The molecule has 0 spiro atoms. The highest BCUT2D eigenvalue weighted by atomic mass is 32.2. The van der Waals surface area contributed by atoms with Gasteiger partial charge in [-0.15, -0.1) is 0 Å². The van der Waals surface area contributed by atoms with Crippen LogP contribution in [-0.2, 0) is 19.6 Å². The molecule has 0 saturated carbocycles. The van der Waals surface area contributed by atoms with Crippen LogP contribution < -0.4 is 4.72 Å². The number of rotatable bonds is 9. The molecule has 0 bridgehead atoms. The summed E-state index contributed by atoms with van der Waals surface area (Å²) in [5.74, 6) is -0.641. The van der Waals surface area contributed by atoms with Gasteiger partial charge in [-0.25, -0.2) is 17.9 Å². The lowest BCUT2D eigenvalue weighted by atomic mass is 9.98. The number of esters is 1. The number of sulfonamides is 1. The Labute approximate surface area is 236 Å². The molecule has 7 heteroatoms. The summed E-state index contributed by atoms with van der Waals surface area (Å²) in [5, 5.41) is 0. The summed E-state index contributed by atoms with van der Waals surface area (Å²) in [6, 6.07) is 32.3. The van der Waals surface area contributed by atoms with Crippen LogP contribution in [0, 0.1) is 6.92 Å². The van der Waals surface area contributed by atoms with Gasteiger partial charge in [-0.2, -0.15) is 0 Å². The first-order valence-corrected chi connectivity index (χ1v) is 14.6. The van der Waals surface area contributed by atoms with E-state index >= 15 is 0 Å². The lowest BCUT2D eigenvalue weighted by Gasteiger charge is -2.28. The molecule has 1 N–H and O–H groups in total. The standard InChI is InChI=1S/C33H34N2O4S/c1-24-20-22-28(23-21-24)40(37,38)35-30(27-18-12-7-13-19-27)31(32(36)39-33(2,3)4)34-29(25-14-8-5-9-15-25)26-16-10-6-11-17-26/h5-23,30-31,35H,1-4H3. The molecule has 0 aliphatic rings. The van der Waals surface area contributed by atoms with Gasteiger partial charge < -0.3 is 4.74 Å². The van der Waals surface area contributed by atoms with Crippen LogP contribution in [0.3, 0.4) is 0 Å². The van der Waals surface area contributed by atoms with Crippen molar-refractivity contribution < 1.29 is 17.9 Å². The van der Waals surface area contributed by atoms with E-state index in [-0.39, 0.29) is 4.90 Å². The SMILES string of the molecule is Cc1ccc(S(=O)(=O)NC(c2ccccc2)C(N=C(c2ccccc2)c2ccccc2)C(=O)OC(C)(C)C)cc1. The van der Waals surface area contributed by atoms with Crippen molar-refractivity contribution in [3.8, 4) is 0 Å². The highest BCUT2D eigenvalue weighted by molar-refractivity contribution is 7.89. The Morgan fingerprint density at radius 1 is 0.750 bits per heavy atom. The Balaban J connectivity index is 1.92. The molecule has 0 aliphatic carbocycles. The summed E-state index contributed by atoms with van der Waals surface area (Å²) in [4.78, 5) is 19.0. The molecule has 0 fully saturated rings. The molecular formula is C33H34N2O4S. The topological polar surface area (TPSA) is 84.8 Å². The molecule has 2 atom stereocenters. The maximum absolute atomic E-state index is 13.9. The molecule has 0 aromatic heterocycles. The summed E-state index contributed by atoms with van der Waals surface area (Å²) in [6.07, 6.45) is 0. The number of carbonyl (C=O) groups excluding carboxylic acids is 1. The smallest absolute Gasteiger partial charge is 0.333 e. The van der Waals surface area contributed by atoms with Crippen molar-refractivity contribution in [2.24, 2.45) is 4.99 Å². The lowest BCUT2D eigenvalue weighted by Crippen LogP contribution is -2.42. The minimum atomic E-state index is -4.04. The predicted molar refractivity (Wildman–Crippen MR) is 159 cm³/mol. The molecular weight excluding hydrogens is 520 g/mol. The van der Waals surface area contributed by atoms with Crippen LogP contribution in [0.2, 0.25) is 0 Å². The maximum atomic E-state index is 13.9. The monoisotopic (exact) mass is 554 g/mol. The van der Waals surface area contributed by atoms with E-state index in [4.69, 9.17) is 9.73 Å². The Kier molecular flexibility index (Phi) is 8.97. The third-order valence-electron chi connectivity index (χ3n) is 6.10. The first-order valence-electron chi connectivity index (χ1n) is 13.1. The van der Waals surface area contributed by atoms with Crippen molar-refractivity contribution in [2.45, 2.75) is 50.3 Å². The van der Waals surface area contributed by atoms with Crippen molar-refractivity contribution in [3.63, 3.8) is 0 Å². The van der Waals surface area contributed by atoms with Gasteiger partial charge in [0.15, 0.2) is 6.04 Å².